The minimum absolute atomic E-state index is 0.195. The first kappa shape index (κ1) is 15.8. The molecule has 0 fully saturated rings. The van der Waals surface area contributed by atoms with Crippen LogP contribution in [-0.4, -0.2) is 31.5 Å². The summed E-state index contributed by atoms with van der Waals surface area (Å²) in [5, 5.41) is 12.5. The van der Waals surface area contributed by atoms with Crippen molar-refractivity contribution in [2.45, 2.75) is 33.4 Å². The number of methoxy groups -OCH3 is 1. The summed E-state index contributed by atoms with van der Waals surface area (Å²) >= 11 is 0. The minimum Gasteiger partial charge on any atom is -0.493 e. The Morgan fingerprint density at radius 3 is 2.58 bits per heavy atom. The Morgan fingerprint density at radius 1 is 1.26 bits per heavy atom. The first-order valence-corrected chi connectivity index (χ1v) is 6.76. The molecule has 1 aromatic rings. The van der Waals surface area contributed by atoms with Gasteiger partial charge in [-0.2, -0.15) is 0 Å². The highest BCUT2D eigenvalue weighted by molar-refractivity contribution is 5.42. The van der Waals surface area contributed by atoms with Crippen LogP contribution in [0.3, 0.4) is 0 Å². The third kappa shape index (κ3) is 4.73. The topological polar surface area (TPSA) is 50.7 Å². The second-order valence-electron chi connectivity index (χ2n) is 4.75. The molecule has 4 nitrogen and oxygen atoms in total. The standard InChI is InChI=1S/C15H25NO3/c1-5-19-14-7-6-13(8-15(14)18-4)9-16-12(3)11(2)10-17/h6-8,11-12,16-17H,5,9-10H2,1-4H3. The number of ether oxygens (including phenoxy) is 2. The molecule has 0 aliphatic carbocycles. The van der Waals surface area contributed by atoms with Gasteiger partial charge in [-0.3, -0.25) is 0 Å². The maximum Gasteiger partial charge on any atom is 0.161 e. The molecule has 4 heteroatoms. The largest absolute Gasteiger partial charge is 0.493 e. The van der Waals surface area contributed by atoms with Crippen LogP contribution in [-0.2, 0) is 6.54 Å². The highest BCUT2D eigenvalue weighted by atomic mass is 16.5. The number of benzene rings is 1. The smallest absolute Gasteiger partial charge is 0.161 e. The monoisotopic (exact) mass is 267 g/mol. The van der Waals surface area contributed by atoms with E-state index in [2.05, 4.69) is 12.2 Å². The number of nitrogens with one attached hydrogen (secondary N) is 1. The van der Waals surface area contributed by atoms with E-state index >= 15 is 0 Å². The third-order valence-corrected chi connectivity index (χ3v) is 3.30. The molecular formula is C15H25NO3. The van der Waals surface area contributed by atoms with Gasteiger partial charge in [0.05, 0.1) is 13.7 Å². The van der Waals surface area contributed by atoms with E-state index in [4.69, 9.17) is 14.6 Å². The van der Waals surface area contributed by atoms with Crippen molar-refractivity contribution in [2.75, 3.05) is 20.3 Å². The lowest BCUT2D eigenvalue weighted by atomic mass is 10.0. The maximum atomic E-state index is 9.10. The van der Waals surface area contributed by atoms with Crippen LogP contribution in [0.5, 0.6) is 11.5 Å². The van der Waals surface area contributed by atoms with Gasteiger partial charge >= 0.3 is 0 Å². The molecule has 2 N–H and O–H groups in total. The van der Waals surface area contributed by atoms with Gasteiger partial charge in [-0.05, 0) is 37.5 Å². The molecule has 0 amide bonds. The second kappa shape index (κ2) is 8.02. The zero-order chi connectivity index (χ0) is 14.3. The Labute approximate surface area is 115 Å². The molecule has 0 bridgehead atoms. The third-order valence-electron chi connectivity index (χ3n) is 3.30. The normalized spacial score (nSPS) is 13.9. The van der Waals surface area contributed by atoms with E-state index in [1.165, 1.54) is 0 Å². The summed E-state index contributed by atoms with van der Waals surface area (Å²) in [5.74, 6) is 1.76. The van der Waals surface area contributed by atoms with Crippen LogP contribution in [0.15, 0.2) is 18.2 Å². The van der Waals surface area contributed by atoms with Crippen LogP contribution < -0.4 is 14.8 Å². The summed E-state index contributed by atoms with van der Waals surface area (Å²) in [6, 6.07) is 6.20. The van der Waals surface area contributed by atoms with Gasteiger partial charge in [-0.25, -0.2) is 0 Å². The van der Waals surface area contributed by atoms with E-state index in [1.807, 2.05) is 32.0 Å². The van der Waals surface area contributed by atoms with Crippen molar-refractivity contribution < 1.29 is 14.6 Å². The molecular weight excluding hydrogens is 242 g/mol. The molecule has 1 aromatic carbocycles. The zero-order valence-electron chi connectivity index (χ0n) is 12.3. The number of hydrogen-bond acceptors (Lipinski definition) is 4. The number of hydrogen-bond donors (Lipinski definition) is 2. The fourth-order valence-electron chi connectivity index (χ4n) is 1.73. The molecule has 0 aliphatic rings. The van der Waals surface area contributed by atoms with Crippen molar-refractivity contribution >= 4 is 0 Å². The van der Waals surface area contributed by atoms with E-state index < -0.39 is 0 Å². The molecule has 2 unspecified atom stereocenters. The lowest BCUT2D eigenvalue weighted by molar-refractivity contribution is 0.207. The van der Waals surface area contributed by atoms with E-state index in [0.29, 0.717) is 6.61 Å². The van der Waals surface area contributed by atoms with Gasteiger partial charge in [0.2, 0.25) is 0 Å². The van der Waals surface area contributed by atoms with Crippen molar-refractivity contribution in [3.8, 4) is 11.5 Å². The predicted octanol–water partition coefficient (Wildman–Crippen LogP) is 2.20. The van der Waals surface area contributed by atoms with Crippen molar-refractivity contribution in [3.63, 3.8) is 0 Å². The van der Waals surface area contributed by atoms with Gasteiger partial charge in [-0.15, -0.1) is 0 Å². The molecule has 0 spiro atoms. The molecule has 1 rings (SSSR count). The Hall–Kier alpha value is -1.26. The van der Waals surface area contributed by atoms with Crippen LogP contribution >= 0.6 is 0 Å². The van der Waals surface area contributed by atoms with Gasteiger partial charge in [0.1, 0.15) is 0 Å². The van der Waals surface area contributed by atoms with Gasteiger partial charge in [0.25, 0.3) is 0 Å². The molecule has 0 radical (unpaired) electrons. The quantitative estimate of drug-likeness (QED) is 0.758. The summed E-state index contributed by atoms with van der Waals surface area (Å²) in [6.45, 7) is 7.62. The van der Waals surface area contributed by atoms with Crippen molar-refractivity contribution in [2.24, 2.45) is 5.92 Å². The first-order chi connectivity index (χ1) is 9.12. The number of rotatable bonds is 8. The number of aliphatic hydroxyl groups is 1. The fourth-order valence-corrected chi connectivity index (χ4v) is 1.73. The van der Waals surface area contributed by atoms with Crippen LogP contribution in [0.1, 0.15) is 26.3 Å². The second-order valence-corrected chi connectivity index (χ2v) is 4.75. The average Bonchev–Trinajstić information content (AvgIpc) is 2.45. The average molecular weight is 267 g/mol. The molecule has 0 aliphatic heterocycles. The van der Waals surface area contributed by atoms with E-state index in [9.17, 15) is 0 Å². The Kier molecular flexibility index (Phi) is 6.67. The van der Waals surface area contributed by atoms with Crippen LogP contribution in [0, 0.1) is 5.92 Å². The summed E-state index contributed by atoms with van der Waals surface area (Å²) in [5.41, 5.74) is 1.14. The maximum absolute atomic E-state index is 9.10. The van der Waals surface area contributed by atoms with Gasteiger partial charge < -0.3 is 19.9 Å². The highest BCUT2D eigenvalue weighted by Crippen LogP contribution is 2.28. The van der Waals surface area contributed by atoms with E-state index in [0.717, 1.165) is 23.6 Å². The Bertz CT molecular complexity index is 382. The molecule has 108 valence electrons. The SMILES string of the molecule is CCOc1ccc(CNC(C)C(C)CO)cc1OC. The highest BCUT2D eigenvalue weighted by Gasteiger charge is 2.11. The summed E-state index contributed by atoms with van der Waals surface area (Å²) < 4.78 is 10.8. The van der Waals surface area contributed by atoms with E-state index in [-0.39, 0.29) is 18.6 Å². The first-order valence-electron chi connectivity index (χ1n) is 6.76. The van der Waals surface area contributed by atoms with Crippen molar-refractivity contribution in [1.82, 2.24) is 5.32 Å². The summed E-state index contributed by atoms with van der Waals surface area (Å²) in [6.07, 6.45) is 0. The Morgan fingerprint density at radius 2 is 2.00 bits per heavy atom. The molecule has 19 heavy (non-hydrogen) atoms. The van der Waals surface area contributed by atoms with Crippen molar-refractivity contribution in [1.29, 1.82) is 0 Å². The van der Waals surface area contributed by atoms with E-state index in [1.54, 1.807) is 7.11 Å². The fraction of sp³-hybridized carbons (Fsp3) is 0.600. The zero-order valence-corrected chi connectivity index (χ0v) is 12.3. The van der Waals surface area contributed by atoms with Crippen LogP contribution in [0.4, 0.5) is 0 Å². The minimum atomic E-state index is 0.195. The molecule has 0 saturated heterocycles. The van der Waals surface area contributed by atoms with Crippen molar-refractivity contribution in [3.05, 3.63) is 23.8 Å². The summed E-state index contributed by atoms with van der Waals surface area (Å²) in [7, 11) is 1.64. The molecule has 2 atom stereocenters. The lowest BCUT2D eigenvalue weighted by Crippen LogP contribution is -2.33. The molecule has 0 saturated carbocycles. The Balaban J connectivity index is 2.64. The van der Waals surface area contributed by atoms with Gasteiger partial charge in [0.15, 0.2) is 11.5 Å². The lowest BCUT2D eigenvalue weighted by Gasteiger charge is -2.19. The van der Waals surface area contributed by atoms with Crippen LogP contribution in [0.25, 0.3) is 0 Å². The van der Waals surface area contributed by atoms with Gasteiger partial charge in [0, 0.05) is 19.2 Å². The molecule has 0 aromatic heterocycles. The molecule has 0 heterocycles. The van der Waals surface area contributed by atoms with Crippen LogP contribution in [0.2, 0.25) is 0 Å². The number of aliphatic hydroxyl groups excluding tert-OH is 1. The predicted molar refractivity (Wildman–Crippen MR) is 76.7 cm³/mol. The summed E-state index contributed by atoms with van der Waals surface area (Å²) in [4.78, 5) is 0. The van der Waals surface area contributed by atoms with Gasteiger partial charge in [-0.1, -0.05) is 13.0 Å².